The fourth-order valence-electron chi connectivity index (χ4n) is 7.46. The molecule has 0 spiro atoms. The molecule has 274 valence electrons. The van der Waals surface area contributed by atoms with Gasteiger partial charge in [-0.3, -0.25) is 28.8 Å². The highest BCUT2D eigenvalue weighted by Gasteiger charge is 2.49. The molecule has 0 unspecified atom stereocenters. The number of rotatable bonds is 7. The largest absolute Gasteiger partial charge is 0.507 e. The van der Waals surface area contributed by atoms with Crippen molar-refractivity contribution >= 4 is 40.8 Å². The van der Waals surface area contributed by atoms with E-state index in [9.17, 15) is 49.2 Å². The molecule has 0 saturated carbocycles. The molecule has 3 amide bonds. The number of hydrogen-bond donors (Lipinski definition) is 5. The number of anilines is 1. The average molecular weight is 727 g/mol. The van der Waals surface area contributed by atoms with Crippen molar-refractivity contribution in [2.24, 2.45) is 0 Å². The Kier molecular flexibility index (Phi) is 8.77. The second-order valence-electron chi connectivity index (χ2n) is 13.4. The number of carbonyl (C=O) groups is 6. The smallest absolute Gasteiger partial charge is 0.258 e. The van der Waals surface area contributed by atoms with Crippen LogP contribution in [0.4, 0.5) is 5.69 Å². The van der Waals surface area contributed by atoms with Crippen LogP contribution >= 0.6 is 0 Å². The summed E-state index contributed by atoms with van der Waals surface area (Å²) in [6, 6.07) is 9.12. The first-order valence-corrected chi connectivity index (χ1v) is 16.7. The van der Waals surface area contributed by atoms with Crippen LogP contribution in [0, 0.1) is 0 Å². The summed E-state index contributed by atoms with van der Waals surface area (Å²) in [4.78, 5) is 79.2. The van der Waals surface area contributed by atoms with Crippen LogP contribution in [0.1, 0.15) is 86.1 Å². The third-order valence-corrected chi connectivity index (χ3v) is 10.2. The van der Waals surface area contributed by atoms with E-state index in [1.54, 1.807) is 0 Å². The van der Waals surface area contributed by atoms with Crippen molar-refractivity contribution in [3.05, 3.63) is 93.6 Å². The highest BCUT2D eigenvalue weighted by Crippen LogP contribution is 2.52. The second-order valence-corrected chi connectivity index (χ2v) is 13.4. The van der Waals surface area contributed by atoms with Crippen molar-refractivity contribution in [2.45, 2.75) is 69.4 Å². The number of hydrogen-bond acceptors (Lipinski definition) is 13. The van der Waals surface area contributed by atoms with Gasteiger partial charge >= 0.3 is 0 Å². The minimum atomic E-state index is -2.13. The molecule has 15 heteroatoms. The van der Waals surface area contributed by atoms with Crippen molar-refractivity contribution in [2.75, 3.05) is 12.0 Å². The quantitative estimate of drug-likeness (QED) is 0.136. The van der Waals surface area contributed by atoms with Gasteiger partial charge in [-0.2, -0.15) is 0 Å². The molecule has 2 aliphatic heterocycles. The van der Waals surface area contributed by atoms with Crippen LogP contribution in [0.15, 0.2) is 54.6 Å². The van der Waals surface area contributed by atoms with Crippen LogP contribution in [0.3, 0.4) is 0 Å². The van der Waals surface area contributed by atoms with Gasteiger partial charge in [0.05, 0.1) is 47.7 Å². The minimum absolute atomic E-state index is 0.0693. The summed E-state index contributed by atoms with van der Waals surface area (Å²) in [6.45, 7) is 2.66. The topological polar surface area (TPSA) is 226 Å². The van der Waals surface area contributed by atoms with Gasteiger partial charge in [0.1, 0.15) is 29.0 Å². The molecule has 53 heavy (non-hydrogen) atoms. The van der Waals surface area contributed by atoms with E-state index in [2.05, 4.69) is 5.32 Å². The number of nitrogens with zero attached hydrogens (tertiary/aromatic N) is 1. The van der Waals surface area contributed by atoms with Gasteiger partial charge in [0.25, 0.3) is 17.7 Å². The second kappa shape index (κ2) is 13.0. The fraction of sp³-hybridized carbons (Fsp3) is 0.316. The number of nitrogens with one attached hydrogen (secondary N) is 1. The number of benzene rings is 3. The van der Waals surface area contributed by atoms with Crippen molar-refractivity contribution in [1.29, 1.82) is 0 Å². The number of methoxy groups -OCH3 is 1. The Bertz CT molecular complexity index is 2160. The van der Waals surface area contributed by atoms with E-state index in [0.717, 1.165) is 24.0 Å². The van der Waals surface area contributed by atoms with E-state index in [1.807, 2.05) is 0 Å². The molecule has 1 saturated heterocycles. The van der Waals surface area contributed by atoms with Gasteiger partial charge in [0, 0.05) is 53.7 Å². The highest BCUT2D eigenvalue weighted by molar-refractivity contribution is 6.31. The zero-order valence-electron chi connectivity index (χ0n) is 28.6. The molecule has 15 nitrogen and oxygen atoms in total. The summed E-state index contributed by atoms with van der Waals surface area (Å²) in [7, 11) is 1.31. The number of Topliss-reactive ketones (excluding diaryl/α,β-unsaturated/α-hetero) is 1. The summed E-state index contributed by atoms with van der Waals surface area (Å²) >= 11 is 0. The molecule has 1 fully saturated rings. The molecule has 0 radical (unpaired) electrons. The molecule has 2 heterocycles. The predicted octanol–water partition coefficient (Wildman–Crippen LogP) is 1.93. The monoisotopic (exact) mass is 726 g/mol. The molecule has 7 rings (SSSR count). The van der Waals surface area contributed by atoms with Gasteiger partial charge in [-0.15, -0.1) is 0 Å². The molecule has 3 aromatic carbocycles. The van der Waals surface area contributed by atoms with Crippen molar-refractivity contribution < 1.29 is 63.4 Å². The third-order valence-electron chi connectivity index (χ3n) is 10.2. The predicted molar refractivity (Wildman–Crippen MR) is 182 cm³/mol. The molecule has 6 atom stereocenters. The van der Waals surface area contributed by atoms with Crippen molar-refractivity contribution in [1.82, 2.24) is 5.32 Å². The Morgan fingerprint density at radius 3 is 2.32 bits per heavy atom. The van der Waals surface area contributed by atoms with Crippen LogP contribution < -0.4 is 15.0 Å². The number of phenolic OH excluding ortho intramolecular Hbond substituents is 2. The maximum atomic E-state index is 13.9. The maximum Gasteiger partial charge on any atom is 0.258 e. The Hall–Kier alpha value is -5.74. The van der Waals surface area contributed by atoms with Crippen LogP contribution in [0.2, 0.25) is 0 Å². The lowest BCUT2D eigenvalue weighted by molar-refractivity contribution is -0.248. The summed E-state index contributed by atoms with van der Waals surface area (Å²) in [5.74, 6) is -5.40. The number of ether oxygens (including phenoxy) is 3. The zero-order valence-corrected chi connectivity index (χ0v) is 28.6. The number of aliphatic hydroxyl groups is 2. The number of carbonyl (C=O) groups excluding carboxylic acids is 6. The van der Waals surface area contributed by atoms with Crippen LogP contribution in [0.25, 0.3) is 0 Å². The van der Waals surface area contributed by atoms with Gasteiger partial charge < -0.3 is 40.0 Å². The third kappa shape index (κ3) is 5.78. The normalized spacial score (nSPS) is 26.2. The summed E-state index contributed by atoms with van der Waals surface area (Å²) in [5, 5.41) is 48.6. The first-order valence-electron chi connectivity index (χ1n) is 16.7. The molecule has 0 bridgehead atoms. The van der Waals surface area contributed by atoms with E-state index in [1.165, 1.54) is 56.5 Å². The van der Waals surface area contributed by atoms with Crippen molar-refractivity contribution in [3.8, 4) is 17.2 Å². The van der Waals surface area contributed by atoms with Gasteiger partial charge in [0.15, 0.2) is 17.9 Å². The first kappa shape index (κ1) is 35.7. The first-order chi connectivity index (χ1) is 25.1. The van der Waals surface area contributed by atoms with Crippen molar-refractivity contribution in [3.63, 3.8) is 0 Å². The summed E-state index contributed by atoms with van der Waals surface area (Å²) in [5.41, 5.74) is -3.40. The lowest BCUT2D eigenvalue weighted by Crippen LogP contribution is -2.55. The van der Waals surface area contributed by atoms with Crippen LogP contribution in [-0.2, 0) is 30.3 Å². The number of aromatic hydroxyl groups is 2. The molecular weight excluding hydrogens is 692 g/mol. The summed E-state index contributed by atoms with van der Waals surface area (Å²) in [6.07, 6.45) is -3.78. The van der Waals surface area contributed by atoms with E-state index in [-0.39, 0.29) is 45.7 Å². The van der Waals surface area contributed by atoms with E-state index < -0.39 is 107 Å². The number of amides is 3. The number of imide groups is 1. The minimum Gasteiger partial charge on any atom is -0.507 e. The number of ketones is 3. The van der Waals surface area contributed by atoms with Gasteiger partial charge in [-0.05, 0) is 38.1 Å². The zero-order chi connectivity index (χ0) is 38.1. The fourth-order valence-corrected chi connectivity index (χ4v) is 7.46. The Morgan fingerprint density at radius 1 is 0.962 bits per heavy atom. The average Bonchev–Trinajstić information content (AvgIpc) is 3.47. The number of aliphatic hydroxyl groups excluding tert-OH is 1. The molecule has 3 aromatic rings. The van der Waals surface area contributed by atoms with Crippen LogP contribution in [0.5, 0.6) is 17.2 Å². The van der Waals surface area contributed by atoms with E-state index in [0.29, 0.717) is 0 Å². The molecule has 4 aliphatic rings. The lowest BCUT2D eigenvalue weighted by Gasteiger charge is -2.42. The van der Waals surface area contributed by atoms with Crippen LogP contribution in [-0.4, -0.2) is 92.7 Å². The maximum absolute atomic E-state index is 13.9. The Balaban J connectivity index is 1.21. The SMILES string of the molecule is COc1cccc2c1C(=O)c1c(O)c3c(c(O)c1C2=O)C[C@@](O)(C(C)=O)C[C@@H]3O[C@H]1C[C@H](NC(=O)c2cccc(N3C(=O)C=CC3=O)c2)[C@H](O)[C@H](C)O1. The molecular formula is C38H34N2O13. The number of fused-ring (bicyclic) bond motifs is 3. The molecule has 0 aromatic heterocycles. The molecule has 5 N–H and O–H groups in total. The van der Waals surface area contributed by atoms with E-state index in [4.69, 9.17) is 14.2 Å². The van der Waals surface area contributed by atoms with Gasteiger partial charge in [-0.1, -0.05) is 18.2 Å². The highest BCUT2D eigenvalue weighted by atomic mass is 16.7. The molecule has 2 aliphatic carbocycles. The summed E-state index contributed by atoms with van der Waals surface area (Å²) < 4.78 is 17.5. The van der Waals surface area contributed by atoms with Gasteiger partial charge in [0.2, 0.25) is 5.78 Å². The lowest BCUT2D eigenvalue weighted by atomic mass is 9.72. The van der Waals surface area contributed by atoms with E-state index >= 15 is 0 Å². The Labute approximate surface area is 301 Å². The van der Waals surface area contributed by atoms with Gasteiger partial charge in [-0.25, -0.2) is 4.90 Å². The number of phenols is 2. The Morgan fingerprint density at radius 2 is 1.64 bits per heavy atom. The standard InChI is InChI=1S/C38H34N2O13/c1-16-32(44)22(39-37(49)18-6-4-7-19(12-18)40-25(42)10-11-26(40)43)13-27(52-16)53-24-15-38(50,17(2)41)14-21-29(24)36(48)31-30(34(21)46)33(45)20-8-5-9-23(51-3)28(20)35(31)47/h4-12,16,22,24,27,32,44,46,48,50H,13-15H2,1-3H3,(H,39,49)/t16-,22-,24-,27-,32+,38-/m0/s1.